The minimum absolute atomic E-state index is 0.745. The molecule has 1 N–H and O–H groups in total. The fourth-order valence-corrected chi connectivity index (χ4v) is 3.07. The van der Waals surface area contributed by atoms with Gasteiger partial charge in [-0.15, -0.1) is 0 Å². The Balaban J connectivity index is 1.63. The Morgan fingerprint density at radius 1 is 1.21 bits per heavy atom. The molecule has 0 unspecified atom stereocenters. The highest BCUT2D eigenvalue weighted by atomic mass is 79.9. The molecule has 0 atom stereocenters. The second kappa shape index (κ2) is 6.07. The number of hydrogen-bond acceptors (Lipinski definition) is 3. The van der Waals surface area contributed by atoms with Gasteiger partial charge in [-0.2, -0.15) is 0 Å². The zero-order chi connectivity index (χ0) is 13.1. The van der Waals surface area contributed by atoms with Crippen molar-refractivity contribution in [1.82, 2.24) is 10.3 Å². The minimum atomic E-state index is 0.745. The van der Waals surface area contributed by atoms with Crippen molar-refractivity contribution in [3.05, 3.63) is 52.6 Å². The highest BCUT2D eigenvalue weighted by molar-refractivity contribution is 9.10. The molecule has 1 aromatic heterocycles. The summed E-state index contributed by atoms with van der Waals surface area (Å²) in [6.45, 7) is 0.928. The number of aromatic nitrogens is 1. The summed E-state index contributed by atoms with van der Waals surface area (Å²) in [7, 11) is 0. The highest BCUT2D eigenvalue weighted by Crippen LogP contribution is 2.32. The van der Waals surface area contributed by atoms with Gasteiger partial charge < -0.3 is 5.32 Å². The van der Waals surface area contributed by atoms with Crippen LogP contribution in [0, 0.1) is 0 Å². The van der Waals surface area contributed by atoms with Crippen molar-refractivity contribution in [3.63, 3.8) is 0 Å². The Bertz CT molecular complexity index is 552. The van der Waals surface area contributed by atoms with Crippen molar-refractivity contribution >= 4 is 27.7 Å². The van der Waals surface area contributed by atoms with Crippen LogP contribution in [0.25, 0.3) is 0 Å². The number of benzene rings is 1. The molecule has 0 radical (unpaired) electrons. The van der Waals surface area contributed by atoms with Crippen molar-refractivity contribution in [2.24, 2.45) is 0 Å². The molecule has 0 amide bonds. The molecular formula is C15H15BrN2S. The largest absolute Gasteiger partial charge is 0.310 e. The van der Waals surface area contributed by atoms with Gasteiger partial charge in [-0.05, 0) is 52.5 Å². The van der Waals surface area contributed by atoms with Crippen molar-refractivity contribution in [1.29, 1.82) is 0 Å². The molecule has 0 bridgehead atoms. The van der Waals surface area contributed by atoms with Crippen LogP contribution in [0.3, 0.4) is 0 Å². The predicted octanol–water partition coefficient (Wildman–Crippen LogP) is 4.25. The van der Waals surface area contributed by atoms with E-state index in [1.165, 1.54) is 23.3 Å². The number of pyridine rings is 1. The Hall–Kier alpha value is -0.840. The first-order valence-corrected chi connectivity index (χ1v) is 8.03. The number of nitrogens with one attached hydrogen (secondary N) is 1. The smallest absolute Gasteiger partial charge is 0.101 e. The molecule has 1 saturated carbocycles. The zero-order valence-electron chi connectivity index (χ0n) is 10.5. The number of nitrogens with zero attached hydrogens (tertiary/aromatic N) is 1. The van der Waals surface area contributed by atoms with Crippen molar-refractivity contribution in [3.8, 4) is 0 Å². The predicted molar refractivity (Wildman–Crippen MR) is 82.4 cm³/mol. The van der Waals surface area contributed by atoms with E-state index >= 15 is 0 Å². The number of halogens is 1. The van der Waals surface area contributed by atoms with E-state index in [1.807, 2.05) is 18.3 Å². The summed E-state index contributed by atoms with van der Waals surface area (Å²) in [5, 5.41) is 4.53. The summed E-state index contributed by atoms with van der Waals surface area (Å²) in [6, 6.07) is 13.2. The van der Waals surface area contributed by atoms with Crippen LogP contribution in [0.1, 0.15) is 18.4 Å². The molecule has 98 valence electrons. The zero-order valence-corrected chi connectivity index (χ0v) is 12.9. The summed E-state index contributed by atoms with van der Waals surface area (Å²) < 4.78 is 1.11. The molecular weight excluding hydrogens is 320 g/mol. The molecule has 2 aromatic rings. The van der Waals surface area contributed by atoms with E-state index in [-0.39, 0.29) is 0 Å². The summed E-state index contributed by atoms with van der Waals surface area (Å²) in [5.74, 6) is 0. The third-order valence-electron chi connectivity index (χ3n) is 3.02. The summed E-state index contributed by atoms with van der Waals surface area (Å²) in [4.78, 5) is 5.71. The van der Waals surface area contributed by atoms with Crippen LogP contribution in [-0.2, 0) is 6.54 Å². The molecule has 0 aliphatic heterocycles. The number of rotatable bonds is 5. The lowest BCUT2D eigenvalue weighted by molar-refractivity contribution is 0.685. The van der Waals surface area contributed by atoms with Crippen molar-refractivity contribution < 1.29 is 0 Å². The summed E-state index contributed by atoms with van der Waals surface area (Å²) in [6.07, 6.45) is 4.61. The van der Waals surface area contributed by atoms with Gasteiger partial charge in [0.1, 0.15) is 5.03 Å². The normalized spacial score (nSPS) is 14.6. The lowest BCUT2D eigenvalue weighted by Gasteiger charge is -2.05. The Morgan fingerprint density at radius 2 is 2.05 bits per heavy atom. The van der Waals surface area contributed by atoms with Gasteiger partial charge >= 0.3 is 0 Å². The first-order chi connectivity index (χ1) is 9.31. The summed E-state index contributed by atoms with van der Waals surface area (Å²) >= 11 is 5.24. The van der Waals surface area contributed by atoms with E-state index in [2.05, 4.69) is 50.5 Å². The first kappa shape index (κ1) is 13.2. The Morgan fingerprint density at radius 3 is 2.74 bits per heavy atom. The lowest BCUT2D eigenvalue weighted by Crippen LogP contribution is -2.15. The molecule has 2 nitrogen and oxygen atoms in total. The Labute approximate surface area is 126 Å². The van der Waals surface area contributed by atoms with Crippen LogP contribution in [0.4, 0.5) is 0 Å². The topological polar surface area (TPSA) is 24.9 Å². The fraction of sp³-hybridized carbons (Fsp3) is 0.267. The molecule has 19 heavy (non-hydrogen) atoms. The third kappa shape index (κ3) is 3.81. The number of hydrogen-bond donors (Lipinski definition) is 1. The second-order valence-corrected chi connectivity index (χ2v) is 6.61. The highest BCUT2D eigenvalue weighted by Gasteiger charge is 2.19. The Kier molecular flexibility index (Phi) is 4.21. The van der Waals surface area contributed by atoms with E-state index in [9.17, 15) is 0 Å². The average molecular weight is 335 g/mol. The van der Waals surface area contributed by atoms with Gasteiger partial charge in [0.2, 0.25) is 0 Å². The third-order valence-corrected chi connectivity index (χ3v) is 5.00. The van der Waals surface area contributed by atoms with Gasteiger partial charge in [0.15, 0.2) is 0 Å². The first-order valence-electron chi connectivity index (χ1n) is 6.42. The summed E-state index contributed by atoms with van der Waals surface area (Å²) in [5.41, 5.74) is 1.25. The quantitative estimate of drug-likeness (QED) is 0.884. The van der Waals surface area contributed by atoms with E-state index < -0.39 is 0 Å². The van der Waals surface area contributed by atoms with E-state index in [0.717, 1.165) is 22.1 Å². The van der Waals surface area contributed by atoms with Crippen molar-refractivity contribution in [2.75, 3.05) is 0 Å². The molecule has 0 saturated heterocycles. The molecule has 1 aliphatic rings. The van der Waals surface area contributed by atoms with Gasteiger partial charge in [0.25, 0.3) is 0 Å². The standard InChI is InChI=1S/C15H15BrN2S/c16-13-3-1-2-4-14(13)19-15-8-5-11(10-18-15)9-17-12-6-7-12/h1-5,8,10,12,17H,6-7,9H2. The SMILES string of the molecule is Brc1ccccc1Sc1ccc(CNC2CC2)cn1. The molecule has 3 rings (SSSR count). The van der Waals surface area contributed by atoms with Gasteiger partial charge in [0.05, 0.1) is 0 Å². The van der Waals surface area contributed by atoms with Crippen LogP contribution in [0.2, 0.25) is 0 Å². The van der Waals surface area contributed by atoms with E-state index in [0.29, 0.717) is 0 Å². The molecule has 1 heterocycles. The van der Waals surface area contributed by atoms with Gasteiger partial charge in [-0.25, -0.2) is 4.98 Å². The van der Waals surface area contributed by atoms with Crippen LogP contribution in [-0.4, -0.2) is 11.0 Å². The molecule has 4 heteroatoms. The van der Waals surface area contributed by atoms with Gasteiger partial charge in [-0.1, -0.05) is 30.0 Å². The maximum atomic E-state index is 4.52. The van der Waals surface area contributed by atoms with Gasteiger partial charge in [0, 0.05) is 28.2 Å². The lowest BCUT2D eigenvalue weighted by atomic mass is 10.3. The van der Waals surface area contributed by atoms with Crippen LogP contribution in [0.15, 0.2) is 57.0 Å². The molecule has 1 aromatic carbocycles. The average Bonchev–Trinajstić information content (AvgIpc) is 3.25. The maximum absolute atomic E-state index is 4.52. The maximum Gasteiger partial charge on any atom is 0.101 e. The van der Waals surface area contributed by atoms with E-state index in [4.69, 9.17) is 0 Å². The molecule has 0 spiro atoms. The van der Waals surface area contributed by atoms with E-state index in [1.54, 1.807) is 11.8 Å². The van der Waals surface area contributed by atoms with Gasteiger partial charge in [-0.3, -0.25) is 0 Å². The molecule has 1 fully saturated rings. The fourth-order valence-electron chi connectivity index (χ4n) is 1.77. The van der Waals surface area contributed by atoms with Crippen LogP contribution in [0.5, 0.6) is 0 Å². The molecule has 1 aliphatic carbocycles. The monoisotopic (exact) mass is 334 g/mol. The second-order valence-electron chi connectivity index (χ2n) is 4.69. The van der Waals surface area contributed by atoms with Crippen LogP contribution >= 0.6 is 27.7 Å². The minimum Gasteiger partial charge on any atom is -0.310 e. The van der Waals surface area contributed by atoms with Crippen LogP contribution < -0.4 is 5.32 Å². The van der Waals surface area contributed by atoms with Crippen molar-refractivity contribution in [2.45, 2.75) is 35.3 Å².